The van der Waals surface area contributed by atoms with Gasteiger partial charge in [0.15, 0.2) is 0 Å². The lowest BCUT2D eigenvalue weighted by molar-refractivity contribution is -0.118. The molecule has 0 atom stereocenters. The SMILES string of the molecule is Cc1cc(C)cc(CSCC(=O)N/N=C/c2ccc(C)c(C)c2C)c1. The lowest BCUT2D eigenvalue weighted by Crippen LogP contribution is -2.19. The molecule has 2 aromatic rings. The highest BCUT2D eigenvalue weighted by atomic mass is 32.2. The molecule has 1 amide bonds. The average Bonchev–Trinajstić information content (AvgIpc) is 2.54. The predicted octanol–water partition coefficient (Wildman–Crippen LogP) is 4.61. The molecule has 1 N–H and O–H groups in total. The average molecular weight is 355 g/mol. The molecule has 0 spiro atoms. The Bertz CT molecular complexity index is 776. The molecule has 0 saturated heterocycles. The Hall–Kier alpha value is -2.07. The van der Waals surface area contributed by atoms with Gasteiger partial charge in [0.25, 0.3) is 0 Å². The van der Waals surface area contributed by atoms with Crippen LogP contribution >= 0.6 is 11.8 Å². The van der Waals surface area contributed by atoms with Crippen molar-refractivity contribution in [1.82, 2.24) is 5.43 Å². The molecule has 3 nitrogen and oxygen atoms in total. The summed E-state index contributed by atoms with van der Waals surface area (Å²) >= 11 is 1.60. The van der Waals surface area contributed by atoms with E-state index in [-0.39, 0.29) is 5.91 Å². The van der Waals surface area contributed by atoms with Gasteiger partial charge in [-0.2, -0.15) is 5.10 Å². The van der Waals surface area contributed by atoms with E-state index in [0.29, 0.717) is 5.75 Å². The molecule has 0 unspecified atom stereocenters. The second-order valence-electron chi connectivity index (χ2n) is 6.50. The normalized spacial score (nSPS) is 11.1. The van der Waals surface area contributed by atoms with Crippen LogP contribution in [0.3, 0.4) is 0 Å². The summed E-state index contributed by atoms with van der Waals surface area (Å²) in [6, 6.07) is 10.6. The van der Waals surface area contributed by atoms with Gasteiger partial charge in [0, 0.05) is 5.75 Å². The Labute approximate surface area is 154 Å². The standard InChI is InChI=1S/C21H26N2OS/c1-14-8-15(2)10-19(9-14)12-25-13-21(24)23-22-11-20-7-6-16(3)17(4)18(20)5/h6-11H,12-13H2,1-5H3,(H,23,24)/b22-11+. The molecule has 0 aromatic heterocycles. The molecule has 2 rings (SSSR count). The van der Waals surface area contributed by atoms with Crippen molar-refractivity contribution in [1.29, 1.82) is 0 Å². The van der Waals surface area contributed by atoms with Crippen molar-refractivity contribution < 1.29 is 4.79 Å². The maximum Gasteiger partial charge on any atom is 0.250 e. The van der Waals surface area contributed by atoms with Crippen LogP contribution < -0.4 is 5.43 Å². The molecule has 132 valence electrons. The Balaban J connectivity index is 1.82. The van der Waals surface area contributed by atoms with Crippen LogP contribution in [0.5, 0.6) is 0 Å². The van der Waals surface area contributed by atoms with E-state index >= 15 is 0 Å². The highest BCUT2D eigenvalue weighted by Gasteiger charge is 2.03. The molecule has 0 heterocycles. The zero-order valence-corrected chi connectivity index (χ0v) is 16.5. The van der Waals surface area contributed by atoms with Crippen LogP contribution in [0.1, 0.15) is 38.9 Å². The fraction of sp³-hybridized carbons (Fsp3) is 0.333. The number of carbonyl (C=O) groups is 1. The first-order valence-electron chi connectivity index (χ1n) is 8.40. The monoisotopic (exact) mass is 354 g/mol. The molecule has 2 aromatic carbocycles. The number of hydrogen-bond donors (Lipinski definition) is 1. The Kier molecular flexibility index (Phi) is 6.82. The Morgan fingerprint density at radius 2 is 1.72 bits per heavy atom. The highest BCUT2D eigenvalue weighted by molar-refractivity contribution is 7.99. The second-order valence-corrected chi connectivity index (χ2v) is 7.49. The summed E-state index contributed by atoms with van der Waals surface area (Å²) in [5, 5.41) is 4.09. The highest BCUT2D eigenvalue weighted by Crippen LogP contribution is 2.16. The van der Waals surface area contributed by atoms with Gasteiger partial charge in [0.05, 0.1) is 12.0 Å². The van der Waals surface area contributed by atoms with Crippen LogP contribution in [0.4, 0.5) is 0 Å². The molecule has 0 radical (unpaired) electrons. The molecule has 0 bridgehead atoms. The lowest BCUT2D eigenvalue weighted by Gasteiger charge is -2.07. The van der Waals surface area contributed by atoms with Crippen LogP contribution in [-0.4, -0.2) is 17.9 Å². The van der Waals surface area contributed by atoms with Gasteiger partial charge < -0.3 is 0 Å². The van der Waals surface area contributed by atoms with Gasteiger partial charge in [-0.3, -0.25) is 4.79 Å². The van der Waals surface area contributed by atoms with Gasteiger partial charge in [-0.1, -0.05) is 41.5 Å². The number of thioether (sulfide) groups is 1. The minimum Gasteiger partial charge on any atom is -0.272 e. The van der Waals surface area contributed by atoms with E-state index in [1.807, 2.05) is 6.07 Å². The van der Waals surface area contributed by atoms with Crippen LogP contribution in [0, 0.1) is 34.6 Å². The molecule has 0 saturated carbocycles. The van der Waals surface area contributed by atoms with Gasteiger partial charge in [-0.25, -0.2) is 5.43 Å². The Morgan fingerprint density at radius 1 is 1.04 bits per heavy atom. The van der Waals surface area contributed by atoms with Crippen LogP contribution in [0.15, 0.2) is 35.4 Å². The second kappa shape index (κ2) is 8.86. The molecule has 0 aliphatic rings. The third-order valence-corrected chi connectivity index (χ3v) is 5.28. The molecule has 0 aliphatic carbocycles. The zero-order valence-electron chi connectivity index (χ0n) is 15.6. The first-order chi connectivity index (χ1) is 11.9. The Morgan fingerprint density at radius 3 is 2.40 bits per heavy atom. The van der Waals surface area contributed by atoms with Crippen LogP contribution in [-0.2, 0) is 10.5 Å². The minimum absolute atomic E-state index is 0.0767. The number of hydrazone groups is 1. The summed E-state index contributed by atoms with van der Waals surface area (Å²) < 4.78 is 0. The van der Waals surface area contributed by atoms with Crippen LogP contribution in [0.25, 0.3) is 0 Å². The van der Waals surface area contributed by atoms with Gasteiger partial charge in [0.1, 0.15) is 0 Å². The summed E-state index contributed by atoms with van der Waals surface area (Å²) in [5.41, 5.74) is 11.1. The van der Waals surface area contributed by atoms with Crippen molar-refractivity contribution in [3.05, 3.63) is 69.3 Å². The molecule has 25 heavy (non-hydrogen) atoms. The smallest absolute Gasteiger partial charge is 0.250 e. The molecule has 0 aliphatic heterocycles. The first-order valence-corrected chi connectivity index (χ1v) is 9.56. The number of hydrogen-bond acceptors (Lipinski definition) is 3. The van der Waals surface area contributed by atoms with E-state index in [9.17, 15) is 4.79 Å². The van der Waals surface area contributed by atoms with Gasteiger partial charge in [-0.15, -0.1) is 11.8 Å². The summed E-state index contributed by atoms with van der Waals surface area (Å²) in [6.45, 7) is 10.5. The van der Waals surface area contributed by atoms with Gasteiger partial charge in [-0.05, 0) is 62.4 Å². The largest absolute Gasteiger partial charge is 0.272 e. The summed E-state index contributed by atoms with van der Waals surface area (Å²) in [4.78, 5) is 11.9. The number of aryl methyl sites for hydroxylation is 3. The summed E-state index contributed by atoms with van der Waals surface area (Å²) in [5.74, 6) is 1.15. The first kappa shape index (κ1) is 19.3. The fourth-order valence-corrected chi connectivity index (χ4v) is 3.49. The van der Waals surface area contributed by atoms with Crippen molar-refractivity contribution in [2.24, 2.45) is 5.10 Å². The molecule has 0 fully saturated rings. The van der Waals surface area contributed by atoms with E-state index in [1.165, 1.54) is 33.4 Å². The van der Waals surface area contributed by atoms with Crippen molar-refractivity contribution in [3.8, 4) is 0 Å². The van der Waals surface area contributed by atoms with Crippen molar-refractivity contribution in [2.45, 2.75) is 40.4 Å². The minimum atomic E-state index is -0.0767. The number of nitrogens with zero attached hydrogens (tertiary/aromatic N) is 1. The lowest BCUT2D eigenvalue weighted by atomic mass is 10.00. The number of rotatable bonds is 6. The number of carbonyl (C=O) groups excluding carboxylic acids is 1. The number of benzene rings is 2. The topological polar surface area (TPSA) is 41.5 Å². The van der Waals surface area contributed by atoms with Gasteiger partial charge in [0.2, 0.25) is 5.91 Å². The zero-order chi connectivity index (χ0) is 18.4. The van der Waals surface area contributed by atoms with E-state index in [0.717, 1.165) is 11.3 Å². The third kappa shape index (κ3) is 5.75. The quantitative estimate of drug-likeness (QED) is 0.608. The molecular weight excluding hydrogens is 328 g/mol. The summed E-state index contributed by atoms with van der Waals surface area (Å²) in [7, 11) is 0. The van der Waals surface area contributed by atoms with E-state index in [1.54, 1.807) is 18.0 Å². The van der Waals surface area contributed by atoms with E-state index in [2.05, 4.69) is 69.4 Å². The fourth-order valence-electron chi connectivity index (χ4n) is 2.74. The van der Waals surface area contributed by atoms with Crippen molar-refractivity contribution in [2.75, 3.05) is 5.75 Å². The molecular formula is C21H26N2OS. The van der Waals surface area contributed by atoms with Crippen LogP contribution in [0.2, 0.25) is 0 Å². The molecule has 4 heteroatoms. The number of nitrogens with one attached hydrogen (secondary N) is 1. The maximum absolute atomic E-state index is 11.9. The maximum atomic E-state index is 11.9. The number of amides is 1. The van der Waals surface area contributed by atoms with Crippen molar-refractivity contribution >= 4 is 23.9 Å². The van der Waals surface area contributed by atoms with Gasteiger partial charge >= 0.3 is 0 Å². The predicted molar refractivity (Wildman–Crippen MR) is 108 cm³/mol. The van der Waals surface area contributed by atoms with E-state index < -0.39 is 0 Å². The third-order valence-electron chi connectivity index (χ3n) is 4.28. The van der Waals surface area contributed by atoms with E-state index in [4.69, 9.17) is 0 Å². The summed E-state index contributed by atoms with van der Waals surface area (Å²) in [6.07, 6.45) is 1.72. The van der Waals surface area contributed by atoms with Crippen molar-refractivity contribution in [3.63, 3.8) is 0 Å².